The second kappa shape index (κ2) is 3.85. The van der Waals surface area contributed by atoms with E-state index in [1.807, 2.05) is 0 Å². The third kappa shape index (κ3) is 2.15. The van der Waals surface area contributed by atoms with E-state index in [0.29, 0.717) is 11.2 Å². The van der Waals surface area contributed by atoms with Gasteiger partial charge in [0, 0.05) is 6.54 Å². The Morgan fingerprint density at radius 2 is 2.40 bits per heavy atom. The second-order valence-corrected chi connectivity index (χ2v) is 4.79. The quantitative estimate of drug-likeness (QED) is 0.831. The van der Waals surface area contributed by atoms with Gasteiger partial charge < -0.3 is 10.3 Å². The van der Waals surface area contributed by atoms with Gasteiger partial charge in [0.15, 0.2) is 5.82 Å². The van der Waals surface area contributed by atoms with E-state index in [4.69, 9.17) is 11.6 Å². The maximum absolute atomic E-state index is 11.2. The molecule has 1 aromatic rings. The van der Waals surface area contributed by atoms with Crippen LogP contribution >= 0.6 is 11.6 Å². The van der Waals surface area contributed by atoms with E-state index < -0.39 is 0 Å². The minimum absolute atomic E-state index is 0.139. The Hall–Kier alpha value is -1.03. The van der Waals surface area contributed by atoms with Crippen molar-refractivity contribution >= 4 is 17.4 Å². The summed E-state index contributed by atoms with van der Waals surface area (Å²) in [5, 5.41) is 3.27. The van der Waals surface area contributed by atoms with Crippen LogP contribution in [0, 0.1) is 5.41 Å². The van der Waals surface area contributed by atoms with E-state index in [1.54, 1.807) is 0 Å². The van der Waals surface area contributed by atoms with E-state index in [9.17, 15) is 4.79 Å². The van der Waals surface area contributed by atoms with Crippen LogP contribution in [0.2, 0.25) is 5.02 Å². The number of anilines is 1. The fourth-order valence-corrected chi connectivity index (χ4v) is 1.93. The van der Waals surface area contributed by atoms with Crippen molar-refractivity contribution in [1.29, 1.82) is 0 Å². The number of nitrogens with one attached hydrogen (secondary N) is 2. The molecule has 15 heavy (non-hydrogen) atoms. The first-order valence-electron chi connectivity index (χ1n) is 5.08. The third-order valence-corrected chi connectivity index (χ3v) is 3.39. The maximum atomic E-state index is 11.2. The summed E-state index contributed by atoms with van der Waals surface area (Å²) >= 11 is 5.81. The first kappa shape index (κ1) is 10.5. The number of halogens is 1. The average molecular weight is 228 g/mol. The van der Waals surface area contributed by atoms with Crippen molar-refractivity contribution in [1.82, 2.24) is 9.97 Å². The lowest BCUT2D eigenvalue weighted by Crippen LogP contribution is -2.33. The van der Waals surface area contributed by atoms with Crippen molar-refractivity contribution in [3.63, 3.8) is 0 Å². The average Bonchev–Trinajstić information content (AvgIpc) is 2.17. The zero-order valence-electron chi connectivity index (χ0n) is 8.64. The first-order valence-corrected chi connectivity index (χ1v) is 5.46. The number of hydrogen-bond acceptors (Lipinski definition) is 3. The molecule has 0 aromatic carbocycles. The maximum Gasteiger partial charge on any atom is 0.271 e. The van der Waals surface area contributed by atoms with Crippen LogP contribution in [0.3, 0.4) is 0 Å². The summed E-state index contributed by atoms with van der Waals surface area (Å²) in [6, 6.07) is 0. The van der Waals surface area contributed by atoms with E-state index in [1.165, 1.54) is 25.6 Å². The smallest absolute Gasteiger partial charge is 0.271 e. The van der Waals surface area contributed by atoms with Crippen LogP contribution in [0.1, 0.15) is 26.2 Å². The highest BCUT2D eigenvalue weighted by molar-refractivity contribution is 6.32. The molecule has 0 atom stereocenters. The van der Waals surface area contributed by atoms with Gasteiger partial charge in [-0.3, -0.25) is 4.79 Å². The van der Waals surface area contributed by atoms with E-state index in [0.717, 1.165) is 6.54 Å². The molecule has 2 N–H and O–H groups in total. The molecule has 1 fully saturated rings. The number of hydrogen-bond donors (Lipinski definition) is 2. The molecule has 0 bridgehead atoms. The lowest BCUT2D eigenvalue weighted by Gasteiger charge is -2.38. The first-order chi connectivity index (χ1) is 7.11. The minimum atomic E-state index is -0.298. The molecule has 4 nitrogen and oxygen atoms in total. The number of rotatable bonds is 3. The van der Waals surface area contributed by atoms with Gasteiger partial charge in [-0.1, -0.05) is 24.9 Å². The number of nitrogens with zero attached hydrogens (tertiary/aromatic N) is 1. The highest BCUT2D eigenvalue weighted by atomic mass is 35.5. The summed E-state index contributed by atoms with van der Waals surface area (Å²) in [5.41, 5.74) is 0.0427. The van der Waals surface area contributed by atoms with Gasteiger partial charge in [0.05, 0.1) is 6.33 Å². The molecule has 1 heterocycles. The molecule has 1 saturated carbocycles. The van der Waals surface area contributed by atoms with Crippen LogP contribution in [0.4, 0.5) is 5.82 Å². The van der Waals surface area contributed by atoms with Crippen molar-refractivity contribution in [2.75, 3.05) is 11.9 Å². The molecule has 0 spiro atoms. The molecule has 1 aliphatic rings. The monoisotopic (exact) mass is 227 g/mol. The van der Waals surface area contributed by atoms with Crippen molar-refractivity contribution in [3.05, 3.63) is 21.7 Å². The van der Waals surface area contributed by atoms with Gasteiger partial charge in [0.2, 0.25) is 0 Å². The third-order valence-electron chi connectivity index (χ3n) is 3.04. The Morgan fingerprint density at radius 3 is 3.00 bits per heavy atom. The van der Waals surface area contributed by atoms with E-state index in [-0.39, 0.29) is 10.6 Å². The Kier molecular flexibility index (Phi) is 2.69. The van der Waals surface area contributed by atoms with Gasteiger partial charge in [-0.2, -0.15) is 0 Å². The van der Waals surface area contributed by atoms with E-state index >= 15 is 0 Å². The molecule has 0 radical (unpaired) electrons. The summed E-state index contributed by atoms with van der Waals surface area (Å²) in [4.78, 5) is 17.6. The van der Waals surface area contributed by atoms with Gasteiger partial charge in [-0.15, -0.1) is 0 Å². The predicted molar refractivity (Wildman–Crippen MR) is 60.3 cm³/mol. The molecular formula is C10H14ClN3O. The predicted octanol–water partition coefficient (Wildman–Crippen LogP) is 2.03. The summed E-state index contributed by atoms with van der Waals surface area (Å²) in [6.07, 6.45) is 5.09. The topological polar surface area (TPSA) is 57.8 Å². The fourth-order valence-electron chi connectivity index (χ4n) is 1.76. The molecule has 0 saturated heterocycles. The van der Waals surface area contributed by atoms with Crippen LogP contribution < -0.4 is 10.9 Å². The SMILES string of the molecule is CC1(CNc2nc[nH]c(=O)c2Cl)CCC1. The number of aromatic nitrogens is 2. The Morgan fingerprint density at radius 1 is 1.67 bits per heavy atom. The molecule has 82 valence electrons. The van der Waals surface area contributed by atoms with Crippen LogP contribution in [-0.2, 0) is 0 Å². The Labute approximate surface area is 93.1 Å². The van der Waals surface area contributed by atoms with Crippen LogP contribution in [0.25, 0.3) is 0 Å². The van der Waals surface area contributed by atoms with Gasteiger partial charge >= 0.3 is 0 Å². The number of H-pyrrole nitrogens is 1. The van der Waals surface area contributed by atoms with Gasteiger partial charge in [0.1, 0.15) is 5.02 Å². The normalized spacial score (nSPS) is 18.3. The van der Waals surface area contributed by atoms with Crippen LogP contribution in [0.5, 0.6) is 0 Å². The Balaban J connectivity index is 2.05. The lowest BCUT2D eigenvalue weighted by molar-refractivity contribution is 0.180. The lowest BCUT2D eigenvalue weighted by atomic mass is 9.70. The summed E-state index contributed by atoms with van der Waals surface area (Å²) in [6.45, 7) is 3.05. The molecule has 2 rings (SSSR count). The van der Waals surface area contributed by atoms with Crippen molar-refractivity contribution < 1.29 is 0 Å². The van der Waals surface area contributed by atoms with Crippen molar-refractivity contribution in [3.8, 4) is 0 Å². The summed E-state index contributed by atoms with van der Waals surface area (Å²) in [5.74, 6) is 0.480. The molecule has 1 aromatic heterocycles. The summed E-state index contributed by atoms with van der Waals surface area (Å²) < 4.78 is 0. The molecule has 0 amide bonds. The zero-order valence-corrected chi connectivity index (χ0v) is 9.40. The highest BCUT2D eigenvalue weighted by Crippen LogP contribution is 2.40. The number of aromatic amines is 1. The summed E-state index contributed by atoms with van der Waals surface area (Å²) in [7, 11) is 0. The molecule has 1 aliphatic carbocycles. The van der Waals surface area contributed by atoms with Crippen LogP contribution in [0.15, 0.2) is 11.1 Å². The molecule has 0 unspecified atom stereocenters. The molecule has 5 heteroatoms. The standard InChI is InChI=1S/C10H14ClN3O/c1-10(3-2-4-10)5-12-8-7(11)9(15)14-6-13-8/h6H,2-5H2,1H3,(H2,12,13,14,15). The van der Waals surface area contributed by atoms with Crippen molar-refractivity contribution in [2.45, 2.75) is 26.2 Å². The van der Waals surface area contributed by atoms with E-state index in [2.05, 4.69) is 22.2 Å². The second-order valence-electron chi connectivity index (χ2n) is 4.41. The minimum Gasteiger partial charge on any atom is -0.368 e. The largest absolute Gasteiger partial charge is 0.368 e. The molecule has 0 aliphatic heterocycles. The van der Waals surface area contributed by atoms with Gasteiger partial charge in [-0.25, -0.2) is 4.98 Å². The van der Waals surface area contributed by atoms with Gasteiger partial charge in [-0.05, 0) is 18.3 Å². The van der Waals surface area contributed by atoms with Gasteiger partial charge in [0.25, 0.3) is 5.56 Å². The molecular weight excluding hydrogens is 214 g/mol. The fraction of sp³-hybridized carbons (Fsp3) is 0.600. The zero-order chi connectivity index (χ0) is 10.9. The highest BCUT2D eigenvalue weighted by Gasteiger charge is 2.31. The van der Waals surface area contributed by atoms with Crippen LogP contribution in [-0.4, -0.2) is 16.5 Å². The van der Waals surface area contributed by atoms with Crippen molar-refractivity contribution in [2.24, 2.45) is 5.41 Å². The Bertz CT molecular complexity index is 411.